The minimum absolute atomic E-state index is 0.0556. The van der Waals surface area contributed by atoms with Crippen molar-refractivity contribution in [2.75, 3.05) is 7.11 Å². The first-order chi connectivity index (χ1) is 8.68. The van der Waals surface area contributed by atoms with Crippen molar-refractivity contribution in [3.8, 4) is 5.75 Å². The molecule has 0 radical (unpaired) electrons. The van der Waals surface area contributed by atoms with E-state index in [4.69, 9.17) is 14.0 Å². The Morgan fingerprint density at radius 3 is 2.05 bits per heavy atom. The van der Waals surface area contributed by atoms with Crippen LogP contribution in [0.1, 0.15) is 27.7 Å². The quantitative estimate of drug-likeness (QED) is 0.771. The van der Waals surface area contributed by atoms with E-state index in [1.54, 1.807) is 0 Å². The minimum Gasteiger partial charge on any atom is -0.494 e. The van der Waals surface area contributed by atoms with E-state index in [-0.39, 0.29) is 11.2 Å². The third kappa shape index (κ3) is 2.34. The Morgan fingerprint density at radius 2 is 1.58 bits per heavy atom. The molecule has 0 atom stereocenters. The van der Waals surface area contributed by atoms with Crippen LogP contribution < -0.4 is 10.2 Å². The van der Waals surface area contributed by atoms with Gasteiger partial charge in [-0.15, -0.1) is 0 Å². The van der Waals surface area contributed by atoms with Gasteiger partial charge in [0, 0.05) is 11.5 Å². The monoisotopic (exact) mass is 270 g/mol. The van der Waals surface area contributed by atoms with Crippen molar-refractivity contribution in [1.29, 1.82) is 0 Å². The molecule has 0 amide bonds. The van der Waals surface area contributed by atoms with Crippen LogP contribution in [-0.4, -0.2) is 25.4 Å². The Balaban J connectivity index is 2.45. The fraction of sp³-hybridized carbons (Fsp3) is 0.538. The van der Waals surface area contributed by atoms with Crippen LogP contribution in [-0.2, 0) is 9.31 Å². The zero-order chi connectivity index (χ0) is 14.4. The van der Waals surface area contributed by atoms with E-state index >= 15 is 0 Å². The van der Waals surface area contributed by atoms with Crippen molar-refractivity contribution in [2.24, 2.45) is 0 Å². The molecule has 1 aliphatic heterocycles. The topological polar surface area (TPSA) is 27.7 Å². The molecule has 1 saturated heterocycles. The molecular formula is C13H17BF2O3. The van der Waals surface area contributed by atoms with E-state index in [0.29, 0.717) is 0 Å². The maximum absolute atomic E-state index is 13.7. The lowest BCUT2D eigenvalue weighted by Crippen LogP contribution is -2.41. The molecule has 0 aromatic heterocycles. The lowest BCUT2D eigenvalue weighted by atomic mass is 9.78. The van der Waals surface area contributed by atoms with E-state index in [0.717, 1.165) is 6.07 Å². The number of hydrogen-bond donors (Lipinski definition) is 0. The Hall–Kier alpha value is -1.14. The first kappa shape index (κ1) is 14.3. The van der Waals surface area contributed by atoms with Gasteiger partial charge in [0.25, 0.3) is 0 Å². The summed E-state index contributed by atoms with van der Waals surface area (Å²) in [4.78, 5) is 0. The highest BCUT2D eigenvalue weighted by Gasteiger charge is 2.52. The van der Waals surface area contributed by atoms with Crippen molar-refractivity contribution in [3.63, 3.8) is 0 Å². The van der Waals surface area contributed by atoms with Crippen LogP contribution in [0.5, 0.6) is 5.75 Å². The molecule has 3 nitrogen and oxygen atoms in total. The number of ether oxygens (including phenoxy) is 1. The third-order valence-electron chi connectivity index (χ3n) is 3.75. The maximum atomic E-state index is 13.7. The molecule has 6 heteroatoms. The number of hydrogen-bond acceptors (Lipinski definition) is 3. The highest BCUT2D eigenvalue weighted by molar-refractivity contribution is 6.63. The van der Waals surface area contributed by atoms with Gasteiger partial charge in [-0.3, -0.25) is 0 Å². The molecule has 0 aliphatic carbocycles. The zero-order valence-electron chi connectivity index (χ0n) is 11.7. The second kappa shape index (κ2) is 4.46. The zero-order valence-corrected chi connectivity index (χ0v) is 11.7. The van der Waals surface area contributed by atoms with E-state index in [1.807, 2.05) is 27.7 Å². The van der Waals surface area contributed by atoms with Gasteiger partial charge < -0.3 is 14.0 Å². The standard InChI is InChI=1S/C13H17BF2O3/c1-12(2)13(3,4)19-14(18-12)9-6-8(15)7-10(16)11(9)17-5/h6-7H,1-5H3. The van der Waals surface area contributed by atoms with Gasteiger partial charge in [-0.25, -0.2) is 8.78 Å². The fourth-order valence-corrected chi connectivity index (χ4v) is 1.94. The van der Waals surface area contributed by atoms with Gasteiger partial charge in [-0.05, 0) is 33.8 Å². The van der Waals surface area contributed by atoms with Gasteiger partial charge in [0.2, 0.25) is 0 Å². The van der Waals surface area contributed by atoms with Gasteiger partial charge in [0.05, 0.1) is 18.3 Å². The summed E-state index contributed by atoms with van der Waals surface area (Å²) < 4.78 is 43.6. The second-order valence-electron chi connectivity index (χ2n) is 5.60. The van der Waals surface area contributed by atoms with Crippen LogP contribution in [0, 0.1) is 11.6 Å². The van der Waals surface area contributed by atoms with Crippen LogP contribution >= 0.6 is 0 Å². The Morgan fingerprint density at radius 1 is 1.05 bits per heavy atom. The summed E-state index contributed by atoms with van der Waals surface area (Å²) in [5.41, 5.74) is -0.935. The summed E-state index contributed by atoms with van der Waals surface area (Å²) in [5.74, 6) is -1.52. The van der Waals surface area contributed by atoms with Gasteiger partial charge in [0.15, 0.2) is 11.6 Å². The van der Waals surface area contributed by atoms with Crippen molar-refractivity contribution in [2.45, 2.75) is 38.9 Å². The molecule has 0 unspecified atom stereocenters. The smallest absolute Gasteiger partial charge is 0.494 e. The number of halogens is 2. The first-order valence-electron chi connectivity index (χ1n) is 6.06. The maximum Gasteiger partial charge on any atom is 0.498 e. The molecule has 1 aromatic rings. The lowest BCUT2D eigenvalue weighted by Gasteiger charge is -2.32. The molecule has 1 aliphatic rings. The van der Waals surface area contributed by atoms with Crippen LogP contribution in [0.15, 0.2) is 12.1 Å². The molecule has 1 aromatic carbocycles. The second-order valence-corrected chi connectivity index (χ2v) is 5.60. The molecule has 0 saturated carbocycles. The van der Waals surface area contributed by atoms with Crippen LogP contribution in [0.3, 0.4) is 0 Å². The van der Waals surface area contributed by atoms with Crippen LogP contribution in [0.4, 0.5) is 8.78 Å². The van der Waals surface area contributed by atoms with Crippen molar-refractivity contribution >= 4 is 12.6 Å². The molecular weight excluding hydrogens is 253 g/mol. The van der Waals surface area contributed by atoms with Crippen LogP contribution in [0.2, 0.25) is 0 Å². The molecule has 0 bridgehead atoms. The van der Waals surface area contributed by atoms with Gasteiger partial charge in [-0.1, -0.05) is 0 Å². The molecule has 1 fully saturated rings. The molecule has 0 N–H and O–H groups in total. The Kier molecular flexibility index (Phi) is 3.35. The number of methoxy groups -OCH3 is 1. The van der Waals surface area contributed by atoms with Gasteiger partial charge in [-0.2, -0.15) is 0 Å². The summed E-state index contributed by atoms with van der Waals surface area (Å²) >= 11 is 0. The minimum atomic E-state index is -0.856. The van der Waals surface area contributed by atoms with Gasteiger partial charge in [0.1, 0.15) is 5.82 Å². The predicted molar refractivity (Wildman–Crippen MR) is 68.6 cm³/mol. The molecule has 19 heavy (non-hydrogen) atoms. The fourth-order valence-electron chi connectivity index (χ4n) is 1.94. The average molecular weight is 270 g/mol. The number of rotatable bonds is 2. The first-order valence-corrected chi connectivity index (χ1v) is 6.06. The van der Waals surface area contributed by atoms with Crippen molar-refractivity contribution in [1.82, 2.24) is 0 Å². The van der Waals surface area contributed by atoms with E-state index in [9.17, 15) is 8.78 Å². The third-order valence-corrected chi connectivity index (χ3v) is 3.75. The van der Waals surface area contributed by atoms with E-state index in [2.05, 4.69) is 0 Å². The molecule has 0 spiro atoms. The largest absolute Gasteiger partial charge is 0.498 e. The molecule has 2 rings (SSSR count). The molecule has 104 valence electrons. The van der Waals surface area contributed by atoms with Crippen molar-refractivity contribution < 1.29 is 22.8 Å². The SMILES string of the molecule is COc1c(F)cc(F)cc1B1OC(C)(C)C(C)(C)O1. The summed E-state index contributed by atoms with van der Waals surface area (Å²) in [6.45, 7) is 7.48. The summed E-state index contributed by atoms with van der Waals surface area (Å²) in [7, 11) is 0.468. The van der Waals surface area contributed by atoms with Crippen LogP contribution in [0.25, 0.3) is 0 Å². The average Bonchev–Trinajstić information content (AvgIpc) is 2.47. The highest BCUT2D eigenvalue weighted by atomic mass is 19.1. The van der Waals surface area contributed by atoms with Crippen molar-refractivity contribution in [3.05, 3.63) is 23.8 Å². The van der Waals surface area contributed by atoms with E-state index in [1.165, 1.54) is 13.2 Å². The van der Waals surface area contributed by atoms with Gasteiger partial charge >= 0.3 is 7.12 Å². The highest BCUT2D eigenvalue weighted by Crippen LogP contribution is 2.37. The van der Waals surface area contributed by atoms with E-state index < -0.39 is 30.0 Å². The normalized spacial score (nSPS) is 20.7. The Bertz CT molecular complexity index is 487. The summed E-state index contributed by atoms with van der Waals surface area (Å²) in [6, 6.07) is 1.94. The molecule has 1 heterocycles. The lowest BCUT2D eigenvalue weighted by molar-refractivity contribution is 0.00578. The summed E-state index contributed by atoms with van der Waals surface area (Å²) in [6.07, 6.45) is 0. The predicted octanol–water partition coefficient (Wildman–Crippen LogP) is 2.27. The number of benzene rings is 1. The Labute approximate surface area is 112 Å². The summed E-state index contributed by atoms with van der Waals surface area (Å²) in [5, 5.41) is 0.